The van der Waals surface area contributed by atoms with E-state index >= 15 is 0 Å². The fourth-order valence-electron chi connectivity index (χ4n) is 1.33. The zero-order chi connectivity index (χ0) is 13.8. The molecule has 0 aliphatic carbocycles. The van der Waals surface area contributed by atoms with Gasteiger partial charge in [0.25, 0.3) is 0 Å². The molecular weight excluding hydrogens is 245 g/mol. The Labute approximate surface area is 104 Å². The molecule has 100 valence electrons. The lowest BCUT2D eigenvalue weighted by molar-refractivity contribution is -0.185. The first-order valence-corrected chi connectivity index (χ1v) is 5.61. The van der Waals surface area contributed by atoms with Crippen LogP contribution in [0, 0.1) is 11.8 Å². The molecule has 2 nitrogen and oxygen atoms in total. The number of benzene rings is 1. The van der Waals surface area contributed by atoms with Gasteiger partial charge in [0, 0.05) is 5.92 Å². The molecule has 1 aromatic carbocycles. The number of esters is 1. The first-order chi connectivity index (χ1) is 8.32. The van der Waals surface area contributed by atoms with Crippen LogP contribution in [0.2, 0.25) is 0 Å². The molecule has 0 amide bonds. The Hall–Kier alpha value is -1.52. The highest BCUT2D eigenvalue weighted by Gasteiger charge is 2.39. The number of alkyl halides is 3. The Morgan fingerprint density at radius 1 is 1.22 bits per heavy atom. The van der Waals surface area contributed by atoms with Crippen LogP contribution in [0.15, 0.2) is 30.3 Å². The standard InChI is InChI=1S/C13H15F3O2/c1-9(10(2)13(14,15)16)8-18-12(17)11-6-4-3-5-7-11/h3-7,9-10H,8H2,1-2H3/t9-,10+/m1/s1. The normalized spacial score (nSPS) is 14.9. The second kappa shape index (κ2) is 5.89. The lowest BCUT2D eigenvalue weighted by Crippen LogP contribution is -2.29. The van der Waals surface area contributed by atoms with Gasteiger partial charge in [0.1, 0.15) is 0 Å². The van der Waals surface area contributed by atoms with Crippen LogP contribution in [-0.4, -0.2) is 18.8 Å². The van der Waals surface area contributed by atoms with Crippen molar-refractivity contribution in [2.24, 2.45) is 11.8 Å². The SMILES string of the molecule is C[C@H](COC(=O)c1ccccc1)[C@H](C)C(F)(F)F. The molecule has 1 rings (SSSR count). The monoisotopic (exact) mass is 260 g/mol. The topological polar surface area (TPSA) is 26.3 Å². The average molecular weight is 260 g/mol. The van der Waals surface area contributed by atoms with Crippen molar-refractivity contribution in [2.75, 3.05) is 6.61 Å². The van der Waals surface area contributed by atoms with Crippen LogP contribution in [0.5, 0.6) is 0 Å². The summed E-state index contributed by atoms with van der Waals surface area (Å²) < 4.78 is 42.1. The van der Waals surface area contributed by atoms with Crippen LogP contribution >= 0.6 is 0 Å². The zero-order valence-corrected chi connectivity index (χ0v) is 10.2. The van der Waals surface area contributed by atoms with E-state index in [4.69, 9.17) is 4.74 Å². The zero-order valence-electron chi connectivity index (χ0n) is 10.2. The molecule has 0 radical (unpaired) electrons. The molecule has 0 saturated heterocycles. The minimum absolute atomic E-state index is 0.242. The molecule has 0 spiro atoms. The number of carbonyl (C=O) groups is 1. The van der Waals surface area contributed by atoms with Crippen LogP contribution in [0.4, 0.5) is 13.2 Å². The van der Waals surface area contributed by atoms with E-state index < -0.39 is 24.0 Å². The van der Waals surface area contributed by atoms with Gasteiger partial charge in [0.2, 0.25) is 0 Å². The van der Waals surface area contributed by atoms with E-state index in [1.807, 2.05) is 0 Å². The summed E-state index contributed by atoms with van der Waals surface area (Å²) in [6.07, 6.45) is -4.27. The van der Waals surface area contributed by atoms with Gasteiger partial charge in [0.05, 0.1) is 18.1 Å². The number of hydrogen-bond donors (Lipinski definition) is 0. The van der Waals surface area contributed by atoms with Crippen molar-refractivity contribution in [3.8, 4) is 0 Å². The van der Waals surface area contributed by atoms with Crippen LogP contribution in [-0.2, 0) is 4.74 Å². The largest absolute Gasteiger partial charge is 0.462 e. The van der Waals surface area contributed by atoms with Gasteiger partial charge in [-0.05, 0) is 12.1 Å². The lowest BCUT2D eigenvalue weighted by Gasteiger charge is -2.22. The molecule has 0 bridgehead atoms. The molecule has 0 saturated carbocycles. The summed E-state index contributed by atoms with van der Waals surface area (Å²) in [5.74, 6) is -2.87. The first-order valence-electron chi connectivity index (χ1n) is 5.61. The second-order valence-corrected chi connectivity index (χ2v) is 4.27. The van der Waals surface area contributed by atoms with Gasteiger partial charge in [-0.3, -0.25) is 0 Å². The number of halogens is 3. The first kappa shape index (κ1) is 14.5. The van der Waals surface area contributed by atoms with E-state index in [0.29, 0.717) is 5.56 Å². The van der Waals surface area contributed by atoms with Crippen LogP contribution in [0.25, 0.3) is 0 Å². The van der Waals surface area contributed by atoms with E-state index in [1.165, 1.54) is 6.92 Å². The molecule has 18 heavy (non-hydrogen) atoms. The quantitative estimate of drug-likeness (QED) is 0.772. The van der Waals surface area contributed by atoms with E-state index in [0.717, 1.165) is 6.92 Å². The molecule has 0 aliphatic heterocycles. The predicted molar refractivity (Wildman–Crippen MR) is 61.1 cm³/mol. The van der Waals surface area contributed by atoms with Crippen molar-refractivity contribution in [3.05, 3.63) is 35.9 Å². The Bertz CT molecular complexity index is 387. The molecule has 0 aliphatic rings. The highest BCUT2D eigenvalue weighted by molar-refractivity contribution is 5.89. The predicted octanol–water partition coefficient (Wildman–Crippen LogP) is 3.68. The van der Waals surface area contributed by atoms with E-state index in [9.17, 15) is 18.0 Å². The van der Waals surface area contributed by atoms with Crippen LogP contribution in [0.3, 0.4) is 0 Å². The molecule has 0 fully saturated rings. The third-order valence-electron chi connectivity index (χ3n) is 2.86. The average Bonchev–Trinajstić information content (AvgIpc) is 2.34. The summed E-state index contributed by atoms with van der Waals surface area (Å²) in [4.78, 5) is 11.5. The van der Waals surface area contributed by atoms with E-state index in [2.05, 4.69) is 0 Å². The number of carbonyl (C=O) groups excluding carboxylic acids is 1. The van der Waals surface area contributed by atoms with Crippen LogP contribution in [0.1, 0.15) is 24.2 Å². The van der Waals surface area contributed by atoms with Crippen molar-refractivity contribution in [1.29, 1.82) is 0 Å². The highest BCUT2D eigenvalue weighted by Crippen LogP contribution is 2.31. The molecule has 0 N–H and O–H groups in total. The maximum Gasteiger partial charge on any atom is 0.391 e. The number of hydrogen-bond acceptors (Lipinski definition) is 2. The molecule has 5 heteroatoms. The second-order valence-electron chi connectivity index (χ2n) is 4.27. The van der Waals surface area contributed by atoms with Crippen LogP contribution < -0.4 is 0 Å². The van der Waals surface area contributed by atoms with Crippen molar-refractivity contribution in [2.45, 2.75) is 20.0 Å². The van der Waals surface area contributed by atoms with Gasteiger partial charge in [-0.2, -0.15) is 13.2 Å². The van der Waals surface area contributed by atoms with Crippen molar-refractivity contribution < 1.29 is 22.7 Å². The summed E-state index contributed by atoms with van der Waals surface area (Å²) in [7, 11) is 0. The fourth-order valence-corrected chi connectivity index (χ4v) is 1.33. The molecule has 0 heterocycles. The molecule has 2 atom stereocenters. The Morgan fingerprint density at radius 2 is 1.78 bits per heavy atom. The van der Waals surface area contributed by atoms with E-state index in [-0.39, 0.29) is 6.61 Å². The van der Waals surface area contributed by atoms with Gasteiger partial charge >= 0.3 is 12.1 Å². The van der Waals surface area contributed by atoms with Gasteiger partial charge in [-0.25, -0.2) is 4.79 Å². The van der Waals surface area contributed by atoms with Crippen molar-refractivity contribution in [3.63, 3.8) is 0 Å². The molecule has 0 aromatic heterocycles. The number of rotatable bonds is 4. The Balaban J connectivity index is 2.49. The van der Waals surface area contributed by atoms with Gasteiger partial charge in [-0.1, -0.05) is 32.0 Å². The smallest absolute Gasteiger partial charge is 0.391 e. The molecule has 0 unspecified atom stereocenters. The minimum Gasteiger partial charge on any atom is -0.462 e. The Morgan fingerprint density at radius 3 is 2.28 bits per heavy atom. The van der Waals surface area contributed by atoms with Gasteiger partial charge in [-0.15, -0.1) is 0 Å². The summed E-state index contributed by atoms with van der Waals surface area (Å²) in [5, 5.41) is 0. The molecule has 1 aromatic rings. The summed E-state index contributed by atoms with van der Waals surface area (Å²) >= 11 is 0. The minimum atomic E-state index is -4.27. The maximum atomic E-state index is 12.4. The van der Waals surface area contributed by atoms with Crippen molar-refractivity contribution in [1.82, 2.24) is 0 Å². The third-order valence-corrected chi connectivity index (χ3v) is 2.86. The highest BCUT2D eigenvalue weighted by atomic mass is 19.4. The van der Waals surface area contributed by atoms with E-state index in [1.54, 1.807) is 30.3 Å². The lowest BCUT2D eigenvalue weighted by atomic mass is 9.96. The van der Waals surface area contributed by atoms with Crippen molar-refractivity contribution >= 4 is 5.97 Å². The molecular formula is C13H15F3O2. The van der Waals surface area contributed by atoms with Gasteiger partial charge < -0.3 is 4.74 Å². The Kier molecular flexibility index (Phi) is 4.76. The number of ether oxygens (including phenoxy) is 1. The maximum absolute atomic E-state index is 12.4. The summed E-state index contributed by atoms with van der Waals surface area (Å²) in [6.45, 7) is 2.26. The third kappa shape index (κ3) is 4.05. The summed E-state index contributed by atoms with van der Waals surface area (Å²) in [5.41, 5.74) is 0.337. The fraction of sp³-hybridized carbons (Fsp3) is 0.462. The summed E-state index contributed by atoms with van der Waals surface area (Å²) in [6, 6.07) is 8.18. The van der Waals surface area contributed by atoms with Gasteiger partial charge in [0.15, 0.2) is 0 Å².